The van der Waals surface area contributed by atoms with Crippen molar-refractivity contribution in [1.82, 2.24) is 0 Å². The molecule has 0 radical (unpaired) electrons. The zero-order chi connectivity index (χ0) is 13.1. The molecule has 0 amide bonds. The van der Waals surface area contributed by atoms with Crippen LogP contribution >= 0.6 is 0 Å². The van der Waals surface area contributed by atoms with E-state index in [4.69, 9.17) is 10.5 Å². The second-order valence-corrected chi connectivity index (χ2v) is 5.97. The van der Waals surface area contributed by atoms with Crippen LogP contribution in [0.5, 0.6) is 0 Å². The first-order valence-electron chi connectivity index (χ1n) is 5.20. The van der Waals surface area contributed by atoms with E-state index in [9.17, 15) is 8.42 Å². The number of hydrogen-bond acceptors (Lipinski definition) is 5. The van der Waals surface area contributed by atoms with Crippen molar-refractivity contribution < 1.29 is 13.2 Å². The lowest BCUT2D eigenvalue weighted by molar-refractivity contribution is 0.190. The smallest absolute Gasteiger partial charge is 0.177 e. The van der Waals surface area contributed by atoms with Crippen LogP contribution in [0.2, 0.25) is 0 Å². The van der Waals surface area contributed by atoms with Gasteiger partial charge in [-0.05, 0) is 19.1 Å². The van der Waals surface area contributed by atoms with Crippen LogP contribution in [-0.2, 0) is 14.6 Å². The SMILES string of the molecule is COCC(C)Nc1cccc(S(C)(=O)=O)c1N. The molecule has 0 aliphatic carbocycles. The van der Waals surface area contributed by atoms with E-state index in [1.54, 1.807) is 19.2 Å². The van der Waals surface area contributed by atoms with Gasteiger partial charge in [0, 0.05) is 19.4 Å². The van der Waals surface area contributed by atoms with E-state index >= 15 is 0 Å². The molecule has 1 aromatic carbocycles. The van der Waals surface area contributed by atoms with Gasteiger partial charge in [-0.15, -0.1) is 0 Å². The summed E-state index contributed by atoms with van der Waals surface area (Å²) in [6, 6.07) is 4.96. The fraction of sp³-hybridized carbons (Fsp3) is 0.455. The molecule has 0 heterocycles. The van der Waals surface area contributed by atoms with Crippen molar-refractivity contribution in [3.63, 3.8) is 0 Å². The zero-order valence-corrected chi connectivity index (χ0v) is 11.0. The van der Waals surface area contributed by atoms with Crippen molar-refractivity contribution >= 4 is 21.2 Å². The van der Waals surface area contributed by atoms with E-state index in [2.05, 4.69) is 5.32 Å². The molecule has 17 heavy (non-hydrogen) atoms. The Balaban J connectivity index is 3.03. The molecule has 1 aromatic rings. The third kappa shape index (κ3) is 3.61. The maximum absolute atomic E-state index is 11.5. The molecule has 0 fully saturated rings. The average molecular weight is 258 g/mol. The molecule has 6 heteroatoms. The third-order valence-electron chi connectivity index (χ3n) is 2.28. The molecule has 1 unspecified atom stereocenters. The summed E-state index contributed by atoms with van der Waals surface area (Å²) in [6.07, 6.45) is 1.14. The van der Waals surface area contributed by atoms with Crippen molar-refractivity contribution in [1.29, 1.82) is 0 Å². The quantitative estimate of drug-likeness (QED) is 0.773. The van der Waals surface area contributed by atoms with Crippen molar-refractivity contribution in [2.24, 2.45) is 0 Å². The molecule has 3 N–H and O–H groups in total. The summed E-state index contributed by atoms with van der Waals surface area (Å²) in [7, 11) is -1.69. The van der Waals surface area contributed by atoms with Crippen LogP contribution in [0, 0.1) is 0 Å². The third-order valence-corrected chi connectivity index (χ3v) is 3.44. The fourth-order valence-corrected chi connectivity index (χ4v) is 2.39. The summed E-state index contributed by atoms with van der Waals surface area (Å²) in [5.74, 6) is 0. The summed E-state index contributed by atoms with van der Waals surface area (Å²) < 4.78 is 28.0. The van der Waals surface area contributed by atoms with Gasteiger partial charge in [-0.25, -0.2) is 8.42 Å². The van der Waals surface area contributed by atoms with Gasteiger partial charge in [0.2, 0.25) is 0 Å². The molecule has 1 atom stereocenters. The number of rotatable bonds is 5. The van der Waals surface area contributed by atoms with Crippen LogP contribution in [0.15, 0.2) is 23.1 Å². The molecule has 0 bridgehead atoms. The van der Waals surface area contributed by atoms with E-state index in [1.165, 1.54) is 6.07 Å². The molecule has 1 rings (SSSR count). The minimum Gasteiger partial charge on any atom is -0.396 e. The van der Waals surface area contributed by atoms with Gasteiger partial charge in [0.15, 0.2) is 9.84 Å². The molecule has 0 spiro atoms. The Morgan fingerprint density at radius 1 is 1.47 bits per heavy atom. The predicted octanol–water partition coefficient (Wildman–Crippen LogP) is 1.12. The highest BCUT2D eigenvalue weighted by molar-refractivity contribution is 7.90. The maximum atomic E-state index is 11.5. The minimum absolute atomic E-state index is 0.0529. The fourth-order valence-electron chi connectivity index (χ4n) is 1.55. The number of sulfone groups is 1. The first-order chi connectivity index (χ1) is 7.86. The first-order valence-corrected chi connectivity index (χ1v) is 7.09. The summed E-state index contributed by atoms with van der Waals surface area (Å²) in [6.45, 7) is 2.44. The minimum atomic E-state index is -3.30. The topological polar surface area (TPSA) is 81.4 Å². The van der Waals surface area contributed by atoms with Crippen LogP contribution in [-0.4, -0.2) is 34.4 Å². The van der Waals surface area contributed by atoms with Crippen LogP contribution in [0.3, 0.4) is 0 Å². The highest BCUT2D eigenvalue weighted by atomic mass is 32.2. The molecule has 0 aliphatic rings. The lowest BCUT2D eigenvalue weighted by Gasteiger charge is -2.17. The number of nitrogens with two attached hydrogens (primary N) is 1. The number of para-hydroxylation sites is 1. The van der Waals surface area contributed by atoms with Gasteiger partial charge in [-0.3, -0.25) is 0 Å². The van der Waals surface area contributed by atoms with E-state index in [0.29, 0.717) is 12.3 Å². The number of hydrogen-bond donors (Lipinski definition) is 2. The van der Waals surface area contributed by atoms with Crippen LogP contribution in [0.4, 0.5) is 11.4 Å². The number of anilines is 2. The Labute approximate surface area is 102 Å². The lowest BCUT2D eigenvalue weighted by atomic mass is 10.2. The summed E-state index contributed by atoms with van der Waals surface area (Å²) in [5.41, 5.74) is 6.69. The zero-order valence-electron chi connectivity index (χ0n) is 10.2. The second kappa shape index (κ2) is 5.37. The lowest BCUT2D eigenvalue weighted by Crippen LogP contribution is -2.21. The number of nitrogens with one attached hydrogen (secondary N) is 1. The molecular weight excluding hydrogens is 240 g/mol. The van der Waals surface area contributed by atoms with Gasteiger partial charge < -0.3 is 15.8 Å². The van der Waals surface area contributed by atoms with Crippen molar-refractivity contribution in [3.05, 3.63) is 18.2 Å². The van der Waals surface area contributed by atoms with Crippen LogP contribution < -0.4 is 11.1 Å². The van der Waals surface area contributed by atoms with Gasteiger partial charge >= 0.3 is 0 Å². The summed E-state index contributed by atoms with van der Waals surface area (Å²) in [4.78, 5) is 0.145. The highest BCUT2D eigenvalue weighted by Crippen LogP contribution is 2.26. The normalized spacial score (nSPS) is 13.4. The van der Waals surface area contributed by atoms with Gasteiger partial charge in [0.25, 0.3) is 0 Å². The number of benzene rings is 1. The van der Waals surface area contributed by atoms with Gasteiger partial charge in [0.05, 0.1) is 22.9 Å². The summed E-state index contributed by atoms with van der Waals surface area (Å²) >= 11 is 0. The van der Waals surface area contributed by atoms with Gasteiger partial charge in [0.1, 0.15) is 0 Å². The van der Waals surface area contributed by atoms with Gasteiger partial charge in [-0.1, -0.05) is 6.07 Å². The number of ether oxygens (including phenoxy) is 1. The Hall–Kier alpha value is -1.27. The van der Waals surface area contributed by atoms with Crippen molar-refractivity contribution in [2.75, 3.05) is 31.0 Å². The highest BCUT2D eigenvalue weighted by Gasteiger charge is 2.14. The predicted molar refractivity (Wildman–Crippen MR) is 68.9 cm³/mol. The standard InChI is InChI=1S/C11H18N2O3S/c1-8(7-16-2)13-9-5-4-6-10(11(9)12)17(3,14)15/h4-6,8,13H,7,12H2,1-3H3. The molecule has 0 aromatic heterocycles. The Kier molecular flexibility index (Phi) is 4.36. The number of nitrogen functional groups attached to an aromatic ring is 1. The van der Waals surface area contributed by atoms with E-state index < -0.39 is 9.84 Å². The molecule has 0 saturated carbocycles. The second-order valence-electron chi connectivity index (χ2n) is 3.99. The van der Waals surface area contributed by atoms with E-state index in [1.807, 2.05) is 6.92 Å². The average Bonchev–Trinajstić information content (AvgIpc) is 2.19. The molecule has 5 nitrogen and oxygen atoms in total. The Morgan fingerprint density at radius 3 is 2.65 bits per heavy atom. The molecule has 0 aliphatic heterocycles. The maximum Gasteiger partial charge on any atom is 0.177 e. The Morgan fingerprint density at radius 2 is 2.12 bits per heavy atom. The number of methoxy groups -OCH3 is 1. The van der Waals surface area contributed by atoms with Crippen LogP contribution in [0.1, 0.15) is 6.92 Å². The van der Waals surface area contributed by atoms with Crippen LogP contribution in [0.25, 0.3) is 0 Å². The molecule has 96 valence electrons. The Bertz CT molecular complexity index is 485. The first kappa shape index (κ1) is 13.8. The molecule has 0 saturated heterocycles. The largest absolute Gasteiger partial charge is 0.396 e. The van der Waals surface area contributed by atoms with Crippen molar-refractivity contribution in [3.8, 4) is 0 Å². The van der Waals surface area contributed by atoms with Gasteiger partial charge in [-0.2, -0.15) is 0 Å². The molecular formula is C11H18N2O3S. The summed E-state index contributed by atoms with van der Waals surface area (Å²) in [5, 5.41) is 3.11. The monoisotopic (exact) mass is 258 g/mol. The van der Waals surface area contributed by atoms with Crippen molar-refractivity contribution in [2.45, 2.75) is 17.9 Å². The van der Waals surface area contributed by atoms with E-state index in [-0.39, 0.29) is 16.6 Å². The van der Waals surface area contributed by atoms with E-state index in [0.717, 1.165) is 6.26 Å².